The summed E-state index contributed by atoms with van der Waals surface area (Å²) in [6, 6.07) is 0.157. The largest absolute Gasteiger partial charge is 0.481 e. The molecule has 0 heterocycles. The van der Waals surface area contributed by atoms with Gasteiger partial charge in [-0.05, 0) is 18.8 Å². The van der Waals surface area contributed by atoms with E-state index in [-0.39, 0.29) is 18.4 Å². The smallest absolute Gasteiger partial charge is 0.303 e. The highest BCUT2D eigenvalue weighted by atomic mass is 16.4. The van der Waals surface area contributed by atoms with Gasteiger partial charge in [-0.3, -0.25) is 4.79 Å². The summed E-state index contributed by atoms with van der Waals surface area (Å²) < 4.78 is 0. The van der Waals surface area contributed by atoms with Gasteiger partial charge in [0, 0.05) is 12.5 Å². The maximum absolute atomic E-state index is 10.2. The number of carbonyl (C=O) groups is 1. The Labute approximate surface area is 67.6 Å². The fourth-order valence-electron chi connectivity index (χ4n) is 1.06. The summed E-state index contributed by atoms with van der Waals surface area (Å²) in [6.45, 7) is 3.93. The van der Waals surface area contributed by atoms with E-state index in [4.69, 9.17) is 10.8 Å². The lowest BCUT2D eigenvalue weighted by Gasteiger charge is -2.13. The fourth-order valence-corrected chi connectivity index (χ4v) is 1.06. The third kappa shape index (κ3) is 5.85. The monoisotopic (exact) mass is 159 g/mol. The van der Waals surface area contributed by atoms with Crippen LogP contribution in [-0.2, 0) is 4.79 Å². The molecule has 0 aliphatic carbocycles. The molecule has 3 N–H and O–H groups in total. The maximum atomic E-state index is 10.2. The summed E-state index contributed by atoms with van der Waals surface area (Å²) >= 11 is 0. The van der Waals surface area contributed by atoms with Crippen molar-refractivity contribution in [2.75, 3.05) is 0 Å². The Morgan fingerprint density at radius 1 is 1.64 bits per heavy atom. The molecule has 2 unspecified atom stereocenters. The Morgan fingerprint density at radius 2 is 2.18 bits per heavy atom. The van der Waals surface area contributed by atoms with Crippen LogP contribution in [0.2, 0.25) is 0 Å². The van der Waals surface area contributed by atoms with Crippen LogP contribution in [0.1, 0.15) is 33.1 Å². The summed E-state index contributed by atoms with van der Waals surface area (Å²) in [5.41, 5.74) is 5.66. The molecule has 0 rings (SSSR count). The minimum absolute atomic E-state index is 0.157. The number of hydrogen-bond donors (Lipinski definition) is 2. The standard InChI is InChI=1S/C8H17NO2/c1-3-7(9)4-6(2)5-8(10)11/h6-7H,3-5,9H2,1-2H3,(H,10,11). The molecule has 0 aromatic carbocycles. The second kappa shape index (κ2) is 5.13. The van der Waals surface area contributed by atoms with Crippen LogP contribution in [0.15, 0.2) is 0 Å². The van der Waals surface area contributed by atoms with Gasteiger partial charge in [-0.2, -0.15) is 0 Å². The third-order valence-electron chi connectivity index (χ3n) is 1.75. The van der Waals surface area contributed by atoms with Crippen molar-refractivity contribution < 1.29 is 9.90 Å². The number of nitrogens with two attached hydrogens (primary N) is 1. The Bertz CT molecular complexity index is 125. The molecule has 0 aromatic heterocycles. The second-order valence-electron chi connectivity index (χ2n) is 3.11. The lowest BCUT2D eigenvalue weighted by atomic mass is 9.98. The van der Waals surface area contributed by atoms with Gasteiger partial charge in [0.1, 0.15) is 0 Å². The molecule has 0 saturated heterocycles. The molecule has 0 spiro atoms. The first-order valence-corrected chi connectivity index (χ1v) is 4.03. The van der Waals surface area contributed by atoms with Gasteiger partial charge < -0.3 is 10.8 Å². The molecule has 3 nitrogen and oxygen atoms in total. The lowest BCUT2D eigenvalue weighted by Crippen LogP contribution is -2.22. The van der Waals surface area contributed by atoms with Crippen molar-refractivity contribution in [3.63, 3.8) is 0 Å². The van der Waals surface area contributed by atoms with E-state index >= 15 is 0 Å². The fraction of sp³-hybridized carbons (Fsp3) is 0.875. The first kappa shape index (κ1) is 10.4. The molecule has 11 heavy (non-hydrogen) atoms. The van der Waals surface area contributed by atoms with Crippen LogP contribution in [0.3, 0.4) is 0 Å². The number of carboxylic acids is 1. The second-order valence-corrected chi connectivity index (χ2v) is 3.11. The minimum atomic E-state index is -0.735. The maximum Gasteiger partial charge on any atom is 0.303 e. The SMILES string of the molecule is CCC(N)CC(C)CC(=O)O. The van der Waals surface area contributed by atoms with Crippen molar-refractivity contribution in [1.82, 2.24) is 0 Å². The summed E-state index contributed by atoms with van der Waals surface area (Å²) in [5, 5.41) is 8.43. The number of carboxylic acid groups (broad SMARTS) is 1. The molecule has 0 aromatic rings. The highest BCUT2D eigenvalue weighted by Crippen LogP contribution is 2.10. The summed E-state index contributed by atoms with van der Waals surface area (Å²) in [6.07, 6.45) is 1.96. The van der Waals surface area contributed by atoms with Crippen molar-refractivity contribution in [2.45, 2.75) is 39.2 Å². The molecule has 66 valence electrons. The first-order chi connectivity index (χ1) is 5.06. The number of rotatable bonds is 5. The van der Waals surface area contributed by atoms with Crippen molar-refractivity contribution in [3.05, 3.63) is 0 Å². The average Bonchev–Trinajstić information content (AvgIpc) is 1.85. The van der Waals surface area contributed by atoms with Crippen LogP contribution in [-0.4, -0.2) is 17.1 Å². The van der Waals surface area contributed by atoms with Crippen LogP contribution in [0.25, 0.3) is 0 Å². The Kier molecular flexibility index (Phi) is 4.86. The van der Waals surface area contributed by atoms with Crippen LogP contribution in [0, 0.1) is 5.92 Å². The zero-order valence-electron chi connectivity index (χ0n) is 7.21. The van der Waals surface area contributed by atoms with Crippen molar-refractivity contribution >= 4 is 5.97 Å². The molecule has 3 heteroatoms. The molecule has 0 aliphatic rings. The average molecular weight is 159 g/mol. The van der Waals surface area contributed by atoms with Gasteiger partial charge in [-0.1, -0.05) is 13.8 Å². The zero-order chi connectivity index (χ0) is 8.85. The molecular weight excluding hydrogens is 142 g/mol. The molecule has 2 atom stereocenters. The lowest BCUT2D eigenvalue weighted by molar-refractivity contribution is -0.138. The quantitative estimate of drug-likeness (QED) is 0.634. The van der Waals surface area contributed by atoms with Crippen LogP contribution < -0.4 is 5.73 Å². The van der Waals surface area contributed by atoms with Gasteiger partial charge in [0.15, 0.2) is 0 Å². The van der Waals surface area contributed by atoms with Crippen molar-refractivity contribution in [3.8, 4) is 0 Å². The summed E-state index contributed by atoms with van der Waals surface area (Å²) in [4.78, 5) is 10.2. The summed E-state index contributed by atoms with van der Waals surface area (Å²) in [7, 11) is 0. The predicted molar refractivity (Wildman–Crippen MR) is 44.3 cm³/mol. The van der Waals surface area contributed by atoms with Crippen LogP contribution in [0.4, 0.5) is 0 Å². The van der Waals surface area contributed by atoms with E-state index in [2.05, 4.69) is 0 Å². The normalized spacial score (nSPS) is 15.9. The van der Waals surface area contributed by atoms with Gasteiger partial charge in [0.05, 0.1) is 0 Å². The third-order valence-corrected chi connectivity index (χ3v) is 1.75. The Hall–Kier alpha value is -0.570. The minimum Gasteiger partial charge on any atom is -0.481 e. The van der Waals surface area contributed by atoms with E-state index in [9.17, 15) is 4.79 Å². The molecular formula is C8H17NO2. The number of aliphatic carboxylic acids is 1. The van der Waals surface area contributed by atoms with Gasteiger partial charge in [-0.15, -0.1) is 0 Å². The molecule has 0 amide bonds. The van der Waals surface area contributed by atoms with E-state index in [1.807, 2.05) is 13.8 Å². The Morgan fingerprint density at radius 3 is 2.55 bits per heavy atom. The molecule has 0 fully saturated rings. The van der Waals surface area contributed by atoms with E-state index < -0.39 is 5.97 Å². The summed E-state index contributed by atoms with van der Waals surface area (Å²) in [5.74, 6) is -0.539. The highest BCUT2D eigenvalue weighted by Gasteiger charge is 2.10. The van der Waals surface area contributed by atoms with E-state index in [0.29, 0.717) is 0 Å². The Balaban J connectivity index is 3.51. The number of hydrogen-bond acceptors (Lipinski definition) is 2. The van der Waals surface area contributed by atoms with E-state index in [1.54, 1.807) is 0 Å². The molecule has 0 saturated carbocycles. The van der Waals surface area contributed by atoms with Gasteiger partial charge >= 0.3 is 5.97 Å². The molecule has 0 aliphatic heterocycles. The molecule has 0 radical (unpaired) electrons. The van der Waals surface area contributed by atoms with Crippen LogP contribution in [0.5, 0.6) is 0 Å². The highest BCUT2D eigenvalue weighted by molar-refractivity contribution is 5.66. The van der Waals surface area contributed by atoms with Gasteiger partial charge in [0.25, 0.3) is 0 Å². The topological polar surface area (TPSA) is 63.3 Å². The van der Waals surface area contributed by atoms with Crippen molar-refractivity contribution in [2.24, 2.45) is 11.7 Å². The van der Waals surface area contributed by atoms with Crippen molar-refractivity contribution in [1.29, 1.82) is 0 Å². The first-order valence-electron chi connectivity index (χ1n) is 4.03. The van der Waals surface area contributed by atoms with E-state index in [1.165, 1.54) is 0 Å². The van der Waals surface area contributed by atoms with Gasteiger partial charge in [0.2, 0.25) is 0 Å². The van der Waals surface area contributed by atoms with Gasteiger partial charge in [-0.25, -0.2) is 0 Å². The molecule has 0 bridgehead atoms. The zero-order valence-corrected chi connectivity index (χ0v) is 7.21. The predicted octanol–water partition coefficient (Wildman–Crippen LogP) is 1.22. The van der Waals surface area contributed by atoms with Crippen LogP contribution >= 0.6 is 0 Å². The van der Waals surface area contributed by atoms with E-state index in [0.717, 1.165) is 12.8 Å².